The Balaban J connectivity index is 1.93. The lowest BCUT2D eigenvalue weighted by atomic mass is 10.1. The van der Waals surface area contributed by atoms with Crippen LogP contribution in [0.1, 0.15) is 52.5 Å². The minimum atomic E-state index is -3.56. The Morgan fingerprint density at radius 3 is 2.55 bits per heavy atom. The Kier molecular flexibility index (Phi) is 4.80. The summed E-state index contributed by atoms with van der Waals surface area (Å²) in [6, 6.07) is 0. The van der Waals surface area contributed by atoms with Crippen molar-refractivity contribution in [3.63, 3.8) is 0 Å². The van der Waals surface area contributed by atoms with Crippen LogP contribution in [0.2, 0.25) is 0 Å². The highest BCUT2D eigenvalue weighted by Crippen LogP contribution is 2.27. The van der Waals surface area contributed by atoms with Gasteiger partial charge in [-0.3, -0.25) is 4.79 Å². The number of nitrogens with zero attached hydrogens (tertiary/aromatic N) is 1. The minimum Gasteiger partial charge on any atom is -0.266 e. The molecule has 1 saturated carbocycles. The lowest BCUT2D eigenvalue weighted by Crippen LogP contribution is -2.33. The second kappa shape index (κ2) is 6.22. The molecule has 1 aromatic rings. The highest BCUT2D eigenvalue weighted by molar-refractivity contribution is 7.90. The first-order valence-corrected chi connectivity index (χ1v) is 9.33. The predicted octanol–water partition coefficient (Wildman–Crippen LogP) is 2.40. The number of nitrogens with one attached hydrogen (secondary N) is 1. The van der Waals surface area contributed by atoms with Gasteiger partial charge in [0.25, 0.3) is 5.91 Å². The molecule has 0 bridgehead atoms. The molecule has 1 aliphatic carbocycles. The average molecular weight is 316 g/mol. The van der Waals surface area contributed by atoms with Crippen LogP contribution in [-0.2, 0) is 10.0 Å². The molecule has 0 atom stereocenters. The van der Waals surface area contributed by atoms with Gasteiger partial charge in [-0.05, 0) is 26.2 Å². The number of thiazole rings is 1. The number of aryl methyl sites for hydroxylation is 2. The van der Waals surface area contributed by atoms with Crippen molar-refractivity contribution in [2.24, 2.45) is 5.92 Å². The summed E-state index contributed by atoms with van der Waals surface area (Å²) in [6.45, 7) is 3.56. The van der Waals surface area contributed by atoms with Gasteiger partial charge in [0.1, 0.15) is 5.69 Å². The Morgan fingerprint density at radius 2 is 2.00 bits per heavy atom. The van der Waals surface area contributed by atoms with Crippen molar-refractivity contribution in [1.82, 2.24) is 9.71 Å². The van der Waals surface area contributed by atoms with Gasteiger partial charge in [-0.15, -0.1) is 11.3 Å². The van der Waals surface area contributed by atoms with E-state index < -0.39 is 15.9 Å². The van der Waals surface area contributed by atoms with Crippen LogP contribution < -0.4 is 4.72 Å². The SMILES string of the molecule is Cc1nc(C(=O)NS(=O)(=O)CCC2CCCC2)c(C)s1. The molecule has 0 aliphatic heterocycles. The van der Waals surface area contributed by atoms with Crippen molar-refractivity contribution in [2.45, 2.75) is 46.0 Å². The molecule has 1 N–H and O–H groups in total. The molecule has 5 nitrogen and oxygen atoms in total. The molecule has 0 aromatic carbocycles. The number of sulfonamides is 1. The second-order valence-corrected chi connectivity index (χ2v) is 8.58. The Morgan fingerprint density at radius 1 is 1.35 bits per heavy atom. The van der Waals surface area contributed by atoms with Crippen LogP contribution in [0.5, 0.6) is 0 Å². The maximum Gasteiger partial charge on any atom is 0.284 e. The molecular formula is C13H20N2O3S2. The summed E-state index contributed by atoms with van der Waals surface area (Å²) in [4.78, 5) is 16.8. The molecule has 1 fully saturated rings. The van der Waals surface area contributed by atoms with E-state index in [-0.39, 0.29) is 11.4 Å². The third kappa shape index (κ3) is 4.02. The van der Waals surface area contributed by atoms with E-state index in [0.29, 0.717) is 12.3 Å². The summed E-state index contributed by atoms with van der Waals surface area (Å²) in [5, 5.41) is 0.760. The van der Waals surface area contributed by atoms with E-state index in [2.05, 4.69) is 9.71 Å². The highest BCUT2D eigenvalue weighted by Gasteiger charge is 2.23. The molecule has 1 aromatic heterocycles. The minimum absolute atomic E-state index is 0.0194. The number of hydrogen-bond donors (Lipinski definition) is 1. The van der Waals surface area contributed by atoms with Crippen LogP contribution >= 0.6 is 11.3 Å². The summed E-state index contributed by atoms with van der Waals surface area (Å²) in [7, 11) is -3.56. The average Bonchev–Trinajstić information content (AvgIpc) is 2.95. The number of carbonyl (C=O) groups excluding carboxylic acids is 1. The number of aromatic nitrogens is 1. The van der Waals surface area contributed by atoms with Gasteiger partial charge >= 0.3 is 0 Å². The summed E-state index contributed by atoms with van der Waals surface area (Å²) in [5.74, 6) is -0.103. The number of carbonyl (C=O) groups is 1. The Labute approximate surface area is 123 Å². The molecule has 1 heterocycles. The van der Waals surface area contributed by atoms with Crippen molar-refractivity contribution < 1.29 is 13.2 Å². The van der Waals surface area contributed by atoms with E-state index in [1.165, 1.54) is 24.2 Å². The van der Waals surface area contributed by atoms with Gasteiger partial charge in [0.2, 0.25) is 10.0 Å². The van der Waals surface area contributed by atoms with Gasteiger partial charge in [0.05, 0.1) is 10.8 Å². The normalized spacial score (nSPS) is 16.5. The summed E-state index contributed by atoms with van der Waals surface area (Å²) < 4.78 is 26.0. The van der Waals surface area contributed by atoms with Gasteiger partial charge in [0.15, 0.2) is 0 Å². The van der Waals surface area contributed by atoms with E-state index in [4.69, 9.17) is 0 Å². The monoisotopic (exact) mass is 316 g/mol. The van der Waals surface area contributed by atoms with Crippen LogP contribution in [0.4, 0.5) is 0 Å². The van der Waals surface area contributed by atoms with Gasteiger partial charge in [-0.25, -0.2) is 18.1 Å². The fraction of sp³-hybridized carbons (Fsp3) is 0.692. The maximum atomic E-state index is 11.9. The number of amides is 1. The molecule has 0 saturated heterocycles. The molecule has 112 valence electrons. The third-order valence-corrected chi connectivity index (χ3v) is 5.79. The van der Waals surface area contributed by atoms with E-state index >= 15 is 0 Å². The van der Waals surface area contributed by atoms with E-state index in [1.807, 2.05) is 0 Å². The first-order valence-electron chi connectivity index (χ1n) is 6.86. The maximum absolute atomic E-state index is 11.9. The fourth-order valence-electron chi connectivity index (χ4n) is 2.60. The lowest BCUT2D eigenvalue weighted by Gasteiger charge is -2.10. The molecule has 1 amide bonds. The first kappa shape index (κ1) is 15.4. The van der Waals surface area contributed by atoms with Crippen LogP contribution in [0.25, 0.3) is 0 Å². The van der Waals surface area contributed by atoms with Gasteiger partial charge in [0, 0.05) is 4.88 Å². The number of rotatable bonds is 5. The zero-order valence-corrected chi connectivity index (χ0v) is 13.4. The van der Waals surface area contributed by atoms with Gasteiger partial charge in [-0.2, -0.15) is 0 Å². The van der Waals surface area contributed by atoms with Crippen LogP contribution in [0.3, 0.4) is 0 Å². The molecule has 0 unspecified atom stereocenters. The summed E-state index contributed by atoms with van der Waals surface area (Å²) in [6.07, 6.45) is 5.22. The van der Waals surface area contributed by atoms with E-state index in [9.17, 15) is 13.2 Å². The van der Waals surface area contributed by atoms with Gasteiger partial charge < -0.3 is 0 Å². The Hall–Kier alpha value is -0.950. The largest absolute Gasteiger partial charge is 0.284 e. The predicted molar refractivity (Wildman–Crippen MR) is 79.4 cm³/mol. The first-order chi connectivity index (χ1) is 9.37. The molecule has 0 radical (unpaired) electrons. The van der Waals surface area contributed by atoms with Crippen LogP contribution in [-0.4, -0.2) is 25.1 Å². The van der Waals surface area contributed by atoms with Crippen LogP contribution in [0.15, 0.2) is 0 Å². The van der Waals surface area contributed by atoms with Crippen molar-refractivity contribution >= 4 is 27.3 Å². The molecule has 0 spiro atoms. The Bertz CT molecular complexity index is 587. The lowest BCUT2D eigenvalue weighted by molar-refractivity contribution is 0.0976. The molecule has 2 rings (SSSR count). The zero-order valence-electron chi connectivity index (χ0n) is 11.8. The third-order valence-electron chi connectivity index (χ3n) is 3.64. The van der Waals surface area contributed by atoms with E-state index in [0.717, 1.165) is 22.7 Å². The van der Waals surface area contributed by atoms with Crippen molar-refractivity contribution in [3.8, 4) is 0 Å². The molecule has 20 heavy (non-hydrogen) atoms. The summed E-state index contributed by atoms with van der Waals surface area (Å²) in [5.41, 5.74) is 0.219. The number of hydrogen-bond acceptors (Lipinski definition) is 5. The quantitative estimate of drug-likeness (QED) is 0.905. The smallest absolute Gasteiger partial charge is 0.266 e. The standard InChI is InChI=1S/C13H20N2O3S2/c1-9-12(14-10(2)19-9)13(16)15-20(17,18)8-7-11-5-3-4-6-11/h11H,3-8H2,1-2H3,(H,15,16). The molecule has 1 aliphatic rings. The fourth-order valence-corrected chi connectivity index (χ4v) is 4.54. The van der Waals surface area contributed by atoms with Crippen LogP contribution in [0, 0.1) is 19.8 Å². The summed E-state index contributed by atoms with van der Waals surface area (Å²) >= 11 is 1.39. The highest BCUT2D eigenvalue weighted by atomic mass is 32.2. The molecule has 7 heteroatoms. The topological polar surface area (TPSA) is 76.1 Å². The zero-order chi connectivity index (χ0) is 14.8. The van der Waals surface area contributed by atoms with Gasteiger partial charge in [-0.1, -0.05) is 25.7 Å². The van der Waals surface area contributed by atoms with Crippen molar-refractivity contribution in [3.05, 3.63) is 15.6 Å². The second-order valence-electron chi connectivity index (χ2n) is 5.33. The van der Waals surface area contributed by atoms with E-state index in [1.54, 1.807) is 13.8 Å². The molecular weight excluding hydrogens is 296 g/mol. The van der Waals surface area contributed by atoms with Crippen molar-refractivity contribution in [1.29, 1.82) is 0 Å². The van der Waals surface area contributed by atoms with Crippen molar-refractivity contribution in [2.75, 3.05) is 5.75 Å².